The summed E-state index contributed by atoms with van der Waals surface area (Å²) in [4.78, 5) is 35.7. The Bertz CT molecular complexity index is 1010. The number of methoxy groups -OCH3 is 1. The molecule has 0 radical (unpaired) electrons. The third-order valence-corrected chi connectivity index (χ3v) is 4.57. The predicted molar refractivity (Wildman–Crippen MR) is 128 cm³/mol. The van der Waals surface area contributed by atoms with Gasteiger partial charge in [0.15, 0.2) is 18.1 Å². The number of amides is 3. The maximum Gasteiger partial charge on any atom is 0.329 e. The second-order valence-corrected chi connectivity index (χ2v) is 7.19. The van der Waals surface area contributed by atoms with Crippen molar-refractivity contribution in [1.29, 1.82) is 0 Å². The Hall–Kier alpha value is -4.08. The van der Waals surface area contributed by atoms with Crippen LogP contribution in [0.15, 0.2) is 47.6 Å². The minimum atomic E-state index is -0.859. The minimum Gasteiger partial charge on any atom is -0.494 e. The molecule has 0 aliphatic carbocycles. The van der Waals surface area contributed by atoms with Crippen molar-refractivity contribution < 1.29 is 28.6 Å². The zero-order valence-corrected chi connectivity index (χ0v) is 19.7. The summed E-state index contributed by atoms with van der Waals surface area (Å²) in [7, 11) is 1.46. The number of hydrogen-bond donors (Lipinski definition) is 3. The van der Waals surface area contributed by atoms with Crippen molar-refractivity contribution in [2.45, 2.75) is 33.2 Å². The third kappa shape index (κ3) is 8.45. The number of anilines is 1. The number of hydrogen-bond acceptors (Lipinski definition) is 7. The molecule has 0 spiro atoms. The Morgan fingerprint density at radius 3 is 2.38 bits per heavy atom. The fraction of sp³-hybridized carbons (Fsp3) is 0.333. The van der Waals surface area contributed by atoms with Gasteiger partial charge in [0, 0.05) is 11.7 Å². The van der Waals surface area contributed by atoms with E-state index in [0.717, 1.165) is 5.75 Å². The molecule has 2 aromatic rings. The fourth-order valence-electron chi connectivity index (χ4n) is 2.63. The molecule has 182 valence electrons. The Labute approximate surface area is 198 Å². The van der Waals surface area contributed by atoms with Crippen LogP contribution in [0.3, 0.4) is 0 Å². The van der Waals surface area contributed by atoms with E-state index in [9.17, 15) is 14.4 Å². The normalized spacial score (nSPS) is 11.4. The second-order valence-electron chi connectivity index (χ2n) is 7.19. The number of nitrogens with one attached hydrogen (secondary N) is 3. The van der Waals surface area contributed by atoms with Gasteiger partial charge in [-0.05, 0) is 68.3 Å². The summed E-state index contributed by atoms with van der Waals surface area (Å²) >= 11 is 0. The van der Waals surface area contributed by atoms with Crippen molar-refractivity contribution in [2.75, 3.05) is 25.6 Å². The van der Waals surface area contributed by atoms with E-state index in [-0.39, 0.29) is 18.6 Å². The number of carbonyl (C=O) groups is 3. The Balaban J connectivity index is 1.89. The monoisotopic (exact) mass is 470 g/mol. The topological polar surface area (TPSA) is 127 Å². The Kier molecular flexibility index (Phi) is 10.4. The van der Waals surface area contributed by atoms with E-state index in [1.807, 2.05) is 13.8 Å². The highest BCUT2D eigenvalue weighted by atomic mass is 16.5. The number of hydrazone groups is 1. The average molecular weight is 471 g/mol. The van der Waals surface area contributed by atoms with Crippen molar-refractivity contribution in [1.82, 2.24) is 10.7 Å². The summed E-state index contributed by atoms with van der Waals surface area (Å²) in [5, 5.41) is 9.07. The summed E-state index contributed by atoms with van der Waals surface area (Å²) in [5.74, 6) is -0.496. The molecule has 3 N–H and O–H groups in total. The molecule has 2 rings (SSSR count). The van der Waals surface area contributed by atoms with Crippen molar-refractivity contribution >= 4 is 29.6 Å². The van der Waals surface area contributed by atoms with Gasteiger partial charge in [0.25, 0.3) is 5.91 Å². The molecule has 0 heterocycles. The molecule has 10 heteroatoms. The molecular formula is C24H30N4O6. The second kappa shape index (κ2) is 13.5. The van der Waals surface area contributed by atoms with Crippen molar-refractivity contribution in [3.05, 3.63) is 48.0 Å². The average Bonchev–Trinajstić information content (AvgIpc) is 2.84. The van der Waals surface area contributed by atoms with E-state index in [1.54, 1.807) is 49.4 Å². The SMILES string of the molecule is CCOc1ccc(NC(=O)COc2ccc(/C=N\NC(=O)C(=O)N[C@@H](C)CC)cc2OC)cc1. The summed E-state index contributed by atoms with van der Waals surface area (Å²) in [6, 6.07) is 11.8. The van der Waals surface area contributed by atoms with Crippen LogP contribution in [-0.4, -0.2) is 50.3 Å². The van der Waals surface area contributed by atoms with E-state index in [2.05, 4.69) is 21.2 Å². The van der Waals surface area contributed by atoms with Gasteiger partial charge in [0.05, 0.1) is 19.9 Å². The maximum absolute atomic E-state index is 12.2. The molecule has 34 heavy (non-hydrogen) atoms. The Morgan fingerprint density at radius 2 is 1.74 bits per heavy atom. The number of rotatable bonds is 11. The minimum absolute atomic E-state index is 0.109. The van der Waals surface area contributed by atoms with Gasteiger partial charge in [0.1, 0.15) is 5.75 Å². The molecule has 0 aliphatic rings. The molecule has 0 fully saturated rings. The third-order valence-electron chi connectivity index (χ3n) is 4.57. The van der Waals surface area contributed by atoms with Crippen LogP contribution in [0, 0.1) is 0 Å². The van der Waals surface area contributed by atoms with E-state index in [4.69, 9.17) is 14.2 Å². The number of ether oxygens (including phenoxy) is 3. The molecular weight excluding hydrogens is 440 g/mol. The molecule has 0 unspecified atom stereocenters. The van der Waals surface area contributed by atoms with Gasteiger partial charge < -0.3 is 24.8 Å². The summed E-state index contributed by atoms with van der Waals surface area (Å²) in [6.07, 6.45) is 2.07. The molecule has 0 saturated carbocycles. The van der Waals surface area contributed by atoms with Gasteiger partial charge in [-0.25, -0.2) is 5.43 Å². The fourth-order valence-corrected chi connectivity index (χ4v) is 2.63. The lowest BCUT2D eigenvalue weighted by Gasteiger charge is -2.12. The lowest BCUT2D eigenvalue weighted by atomic mass is 10.2. The van der Waals surface area contributed by atoms with E-state index >= 15 is 0 Å². The standard InChI is InChI=1S/C24H30N4O6/c1-5-16(3)26-23(30)24(31)28-25-14-17-7-12-20(21(13-17)32-4)34-15-22(29)27-18-8-10-19(11-9-18)33-6-2/h7-14,16H,5-6,15H2,1-4H3,(H,26,30)(H,27,29)(H,28,31)/b25-14-/t16-/m0/s1. The lowest BCUT2D eigenvalue weighted by Crippen LogP contribution is -2.41. The molecule has 0 bridgehead atoms. The molecule has 0 aliphatic heterocycles. The van der Waals surface area contributed by atoms with Crippen molar-refractivity contribution in [3.8, 4) is 17.2 Å². The maximum atomic E-state index is 12.2. The van der Waals surface area contributed by atoms with E-state index < -0.39 is 11.8 Å². The summed E-state index contributed by atoms with van der Waals surface area (Å²) < 4.78 is 16.3. The lowest BCUT2D eigenvalue weighted by molar-refractivity contribution is -0.139. The first kappa shape index (κ1) is 26.2. The zero-order chi connectivity index (χ0) is 24.9. The quantitative estimate of drug-likeness (QED) is 0.263. The van der Waals surface area contributed by atoms with Crippen LogP contribution < -0.4 is 30.3 Å². The van der Waals surface area contributed by atoms with Crippen LogP contribution in [0.25, 0.3) is 0 Å². The predicted octanol–water partition coefficient (Wildman–Crippen LogP) is 2.48. The van der Waals surface area contributed by atoms with E-state index in [0.29, 0.717) is 35.8 Å². The van der Waals surface area contributed by atoms with Gasteiger partial charge in [-0.3, -0.25) is 14.4 Å². The first-order chi connectivity index (χ1) is 16.4. The van der Waals surface area contributed by atoms with Gasteiger partial charge in [-0.1, -0.05) is 6.92 Å². The van der Waals surface area contributed by atoms with Crippen LogP contribution in [0.5, 0.6) is 17.2 Å². The first-order valence-electron chi connectivity index (χ1n) is 10.8. The van der Waals surface area contributed by atoms with Crippen LogP contribution in [0.4, 0.5) is 5.69 Å². The highest BCUT2D eigenvalue weighted by molar-refractivity contribution is 6.35. The number of benzene rings is 2. The van der Waals surface area contributed by atoms with Crippen LogP contribution >= 0.6 is 0 Å². The van der Waals surface area contributed by atoms with Crippen molar-refractivity contribution in [2.24, 2.45) is 5.10 Å². The molecule has 0 aromatic heterocycles. The highest BCUT2D eigenvalue weighted by Gasteiger charge is 2.14. The molecule has 3 amide bonds. The number of nitrogens with zero attached hydrogens (tertiary/aromatic N) is 1. The van der Waals surface area contributed by atoms with Crippen LogP contribution in [-0.2, 0) is 14.4 Å². The summed E-state index contributed by atoms with van der Waals surface area (Å²) in [6.45, 7) is 5.94. The molecule has 1 atom stereocenters. The molecule has 0 saturated heterocycles. The molecule has 10 nitrogen and oxygen atoms in total. The van der Waals surface area contributed by atoms with Crippen molar-refractivity contribution in [3.63, 3.8) is 0 Å². The van der Waals surface area contributed by atoms with Gasteiger partial charge in [-0.2, -0.15) is 5.10 Å². The number of carbonyl (C=O) groups excluding carboxylic acids is 3. The first-order valence-corrected chi connectivity index (χ1v) is 10.8. The smallest absolute Gasteiger partial charge is 0.329 e. The van der Waals surface area contributed by atoms with Crippen LogP contribution in [0.1, 0.15) is 32.8 Å². The van der Waals surface area contributed by atoms with Gasteiger partial charge in [0.2, 0.25) is 0 Å². The largest absolute Gasteiger partial charge is 0.494 e. The zero-order valence-electron chi connectivity index (χ0n) is 19.7. The van der Waals surface area contributed by atoms with E-state index in [1.165, 1.54) is 13.3 Å². The summed E-state index contributed by atoms with van der Waals surface area (Å²) in [5.41, 5.74) is 3.38. The molecule has 2 aromatic carbocycles. The van der Waals surface area contributed by atoms with Gasteiger partial charge >= 0.3 is 11.8 Å². The van der Waals surface area contributed by atoms with Gasteiger partial charge in [-0.15, -0.1) is 0 Å². The Morgan fingerprint density at radius 1 is 1.00 bits per heavy atom. The van der Waals surface area contributed by atoms with Crippen LogP contribution in [0.2, 0.25) is 0 Å². The highest BCUT2D eigenvalue weighted by Crippen LogP contribution is 2.27.